The largest absolute Gasteiger partial charge is 0.493 e. The quantitative estimate of drug-likeness (QED) is 0.529. The number of ketones is 1. The number of ether oxygens (including phenoxy) is 4. The molecular formula is C29H27NO5. The summed E-state index contributed by atoms with van der Waals surface area (Å²) >= 11 is 0. The topological polar surface area (TPSA) is 66.0 Å². The van der Waals surface area contributed by atoms with E-state index in [1.807, 2.05) is 30.3 Å². The monoisotopic (exact) mass is 469 g/mol. The molecule has 0 unspecified atom stereocenters. The fraction of sp³-hybridized carbons (Fsp3) is 0.276. The second-order valence-electron chi connectivity index (χ2n) is 9.30. The van der Waals surface area contributed by atoms with E-state index in [0.717, 1.165) is 51.6 Å². The Morgan fingerprint density at radius 3 is 2.31 bits per heavy atom. The zero-order valence-corrected chi connectivity index (χ0v) is 20.0. The highest BCUT2D eigenvalue weighted by Crippen LogP contribution is 2.51. The average molecular weight is 470 g/mol. The molecule has 35 heavy (non-hydrogen) atoms. The molecule has 2 aliphatic heterocycles. The Hall–Kier alpha value is -3.93. The van der Waals surface area contributed by atoms with Gasteiger partial charge in [0.05, 0.1) is 14.2 Å². The van der Waals surface area contributed by atoms with Gasteiger partial charge in [-0.2, -0.15) is 0 Å². The fourth-order valence-electron chi connectivity index (χ4n) is 5.45. The number of Topliss-reactive ketones (excluding diaryl/α,β-unsaturated/α-hetero) is 1. The molecule has 1 aliphatic carbocycles. The number of allylic oxidation sites excluding steroid dienone is 2. The molecule has 0 radical (unpaired) electrons. The normalized spacial score (nSPS) is 20.1. The first-order chi connectivity index (χ1) is 17.1. The molecule has 0 saturated heterocycles. The van der Waals surface area contributed by atoms with Crippen molar-refractivity contribution in [3.8, 4) is 23.0 Å². The highest BCUT2D eigenvalue weighted by atomic mass is 16.7. The summed E-state index contributed by atoms with van der Waals surface area (Å²) in [5.74, 6) is 2.84. The van der Waals surface area contributed by atoms with Crippen LogP contribution >= 0.6 is 0 Å². The molecule has 6 heteroatoms. The molecule has 0 amide bonds. The van der Waals surface area contributed by atoms with Gasteiger partial charge in [-0.05, 0) is 54.2 Å². The highest BCUT2D eigenvalue weighted by Gasteiger charge is 2.39. The maximum atomic E-state index is 13.8. The zero-order chi connectivity index (χ0) is 24.1. The van der Waals surface area contributed by atoms with Gasteiger partial charge in [-0.3, -0.25) is 4.79 Å². The molecule has 2 heterocycles. The van der Waals surface area contributed by atoms with Gasteiger partial charge >= 0.3 is 0 Å². The van der Waals surface area contributed by atoms with Crippen LogP contribution in [0.3, 0.4) is 0 Å². The molecule has 178 valence electrons. The van der Waals surface area contributed by atoms with Crippen molar-refractivity contribution >= 4 is 11.5 Å². The summed E-state index contributed by atoms with van der Waals surface area (Å²) in [4.78, 5) is 13.8. The smallest absolute Gasteiger partial charge is 0.231 e. The van der Waals surface area contributed by atoms with Crippen molar-refractivity contribution in [1.29, 1.82) is 0 Å². The number of benzene rings is 3. The lowest BCUT2D eigenvalue weighted by Gasteiger charge is -2.37. The Bertz CT molecular complexity index is 1360. The summed E-state index contributed by atoms with van der Waals surface area (Å²) in [5.41, 5.74) is 7.16. The third kappa shape index (κ3) is 3.60. The number of carbonyl (C=O) groups is 1. The van der Waals surface area contributed by atoms with E-state index < -0.39 is 0 Å². The first-order valence-corrected chi connectivity index (χ1v) is 11.8. The van der Waals surface area contributed by atoms with Crippen molar-refractivity contribution in [2.24, 2.45) is 0 Å². The summed E-state index contributed by atoms with van der Waals surface area (Å²) < 4.78 is 22.2. The minimum Gasteiger partial charge on any atom is -0.493 e. The lowest BCUT2D eigenvalue weighted by atomic mass is 9.72. The zero-order valence-electron chi connectivity index (χ0n) is 20.0. The second-order valence-corrected chi connectivity index (χ2v) is 9.30. The van der Waals surface area contributed by atoms with Crippen molar-refractivity contribution in [2.75, 3.05) is 26.3 Å². The minimum absolute atomic E-state index is 0.0442. The molecule has 0 spiro atoms. The van der Waals surface area contributed by atoms with Gasteiger partial charge in [0.15, 0.2) is 28.8 Å². The average Bonchev–Trinajstić information content (AvgIpc) is 3.33. The Balaban J connectivity index is 1.44. The van der Waals surface area contributed by atoms with Crippen LogP contribution in [0.4, 0.5) is 5.69 Å². The van der Waals surface area contributed by atoms with Crippen LogP contribution in [0.5, 0.6) is 23.0 Å². The molecule has 3 aromatic carbocycles. The van der Waals surface area contributed by atoms with E-state index in [0.29, 0.717) is 17.9 Å². The number of hydrogen-bond acceptors (Lipinski definition) is 6. The molecule has 3 aromatic rings. The number of nitrogens with one attached hydrogen (secondary N) is 1. The summed E-state index contributed by atoms with van der Waals surface area (Å²) in [5, 5.41) is 3.59. The number of carbonyl (C=O) groups excluding carboxylic acids is 1. The lowest BCUT2D eigenvalue weighted by Crippen LogP contribution is -2.29. The molecule has 6 rings (SSSR count). The second kappa shape index (κ2) is 8.38. The van der Waals surface area contributed by atoms with E-state index in [1.165, 1.54) is 5.56 Å². The molecule has 3 aliphatic rings. The van der Waals surface area contributed by atoms with Crippen molar-refractivity contribution < 1.29 is 23.7 Å². The van der Waals surface area contributed by atoms with E-state index in [4.69, 9.17) is 18.9 Å². The Morgan fingerprint density at radius 2 is 1.57 bits per heavy atom. The fourth-order valence-corrected chi connectivity index (χ4v) is 5.45. The van der Waals surface area contributed by atoms with Gasteiger partial charge in [0.2, 0.25) is 6.79 Å². The number of aryl methyl sites for hydroxylation is 1. The van der Waals surface area contributed by atoms with Gasteiger partial charge in [0.1, 0.15) is 0 Å². The van der Waals surface area contributed by atoms with Gasteiger partial charge in [-0.25, -0.2) is 0 Å². The van der Waals surface area contributed by atoms with Crippen LogP contribution in [0.15, 0.2) is 65.9 Å². The third-order valence-electron chi connectivity index (χ3n) is 7.23. The van der Waals surface area contributed by atoms with Crippen LogP contribution in [0.2, 0.25) is 0 Å². The van der Waals surface area contributed by atoms with Crippen LogP contribution < -0.4 is 24.3 Å². The molecule has 0 saturated carbocycles. The van der Waals surface area contributed by atoms with Crippen LogP contribution in [0.25, 0.3) is 0 Å². The predicted octanol–water partition coefficient (Wildman–Crippen LogP) is 5.70. The molecular weight excluding hydrogens is 442 g/mol. The standard InChI is InChI=1S/C29H27NO5/c1-16-4-6-17(7-5-16)28-20-13-26-27(35-15-34-26)14-21(20)30-22-10-19(11-23(31)29(22)28)18-8-9-24(32-2)25(12-18)33-3/h4-9,12-14,19,28,30H,10-11,15H2,1-3H3/t19-,28-/m1/s1. The highest BCUT2D eigenvalue weighted by molar-refractivity contribution is 6.02. The Morgan fingerprint density at radius 1 is 0.857 bits per heavy atom. The number of rotatable bonds is 4. The minimum atomic E-state index is -0.157. The van der Waals surface area contributed by atoms with Crippen molar-refractivity contribution in [3.05, 3.63) is 88.1 Å². The van der Waals surface area contributed by atoms with E-state index in [9.17, 15) is 4.79 Å². The molecule has 2 atom stereocenters. The van der Waals surface area contributed by atoms with Crippen molar-refractivity contribution in [2.45, 2.75) is 31.6 Å². The summed E-state index contributed by atoms with van der Waals surface area (Å²) in [6.45, 7) is 2.28. The predicted molar refractivity (Wildman–Crippen MR) is 133 cm³/mol. The molecule has 0 fully saturated rings. The van der Waals surface area contributed by atoms with E-state index in [1.54, 1.807) is 14.2 Å². The van der Waals surface area contributed by atoms with Crippen LogP contribution in [-0.2, 0) is 4.79 Å². The summed E-state index contributed by atoms with van der Waals surface area (Å²) in [6, 6.07) is 18.4. The van der Waals surface area contributed by atoms with E-state index >= 15 is 0 Å². The molecule has 0 aromatic heterocycles. The first-order valence-electron chi connectivity index (χ1n) is 11.8. The van der Waals surface area contributed by atoms with Gasteiger partial charge in [-0.1, -0.05) is 35.9 Å². The summed E-state index contributed by atoms with van der Waals surface area (Å²) in [7, 11) is 3.25. The number of methoxy groups -OCH3 is 2. The van der Waals surface area contributed by atoms with Gasteiger partial charge in [0.25, 0.3) is 0 Å². The Kier molecular flexibility index (Phi) is 5.17. The van der Waals surface area contributed by atoms with E-state index in [2.05, 4.69) is 36.5 Å². The van der Waals surface area contributed by atoms with Crippen molar-refractivity contribution in [3.63, 3.8) is 0 Å². The number of anilines is 1. The van der Waals surface area contributed by atoms with Gasteiger partial charge < -0.3 is 24.3 Å². The number of hydrogen-bond donors (Lipinski definition) is 1. The van der Waals surface area contributed by atoms with E-state index in [-0.39, 0.29) is 24.4 Å². The van der Waals surface area contributed by atoms with Gasteiger partial charge in [-0.15, -0.1) is 0 Å². The summed E-state index contributed by atoms with van der Waals surface area (Å²) in [6.07, 6.45) is 1.17. The van der Waals surface area contributed by atoms with Crippen LogP contribution in [-0.4, -0.2) is 26.8 Å². The molecule has 0 bridgehead atoms. The number of fused-ring (bicyclic) bond motifs is 2. The first kappa shape index (κ1) is 21.6. The van der Waals surface area contributed by atoms with Crippen LogP contribution in [0.1, 0.15) is 46.9 Å². The SMILES string of the molecule is COc1ccc([C@H]2CC(=O)C3=C(C2)Nc2cc4c(cc2[C@H]3c2ccc(C)cc2)OCO4)cc1OC. The maximum absolute atomic E-state index is 13.8. The Labute approximate surface area is 204 Å². The lowest BCUT2D eigenvalue weighted by molar-refractivity contribution is -0.116. The third-order valence-corrected chi connectivity index (χ3v) is 7.23. The van der Waals surface area contributed by atoms with Gasteiger partial charge in [0, 0.05) is 35.4 Å². The maximum Gasteiger partial charge on any atom is 0.231 e. The molecule has 6 nitrogen and oxygen atoms in total. The molecule has 1 N–H and O–H groups in total. The van der Waals surface area contributed by atoms with Crippen molar-refractivity contribution in [1.82, 2.24) is 0 Å². The van der Waals surface area contributed by atoms with Crippen LogP contribution in [0, 0.1) is 6.92 Å².